The van der Waals surface area contributed by atoms with Crippen LogP contribution < -0.4 is 0 Å². The van der Waals surface area contributed by atoms with E-state index in [-0.39, 0.29) is 40.7 Å². The van der Waals surface area contributed by atoms with E-state index in [9.17, 15) is 14.4 Å². The molecular weight excluding hydrogens is 442 g/mol. The van der Waals surface area contributed by atoms with Gasteiger partial charge in [-0.25, -0.2) is 0 Å². The molecule has 3 fully saturated rings. The van der Waals surface area contributed by atoms with Crippen molar-refractivity contribution >= 4 is 53.1 Å². The van der Waals surface area contributed by atoms with Crippen LogP contribution in [0.1, 0.15) is 22.8 Å². The maximum atomic E-state index is 13.1. The summed E-state index contributed by atoms with van der Waals surface area (Å²) in [5.41, 5.74) is 1.10. The first-order valence-electron chi connectivity index (χ1n) is 9.82. The Kier molecular flexibility index (Phi) is 4.04. The molecule has 2 N–H and O–H groups in total. The zero-order chi connectivity index (χ0) is 20.7. The first-order chi connectivity index (χ1) is 14.5. The largest absolute Gasteiger partial charge is 0.480 e. The molecule has 10 heteroatoms. The number of aliphatic carboxylic acids is 1. The molecule has 0 radical (unpaired) electrons. The number of likely N-dealkylation sites (tertiary alicyclic amines) is 1. The number of nitrogens with one attached hydrogen (secondary N) is 1. The van der Waals surface area contributed by atoms with E-state index in [1.54, 1.807) is 29.3 Å². The fourth-order valence-corrected chi connectivity index (χ4v) is 9.64. The maximum Gasteiger partial charge on any atom is 0.323 e. The molecule has 2 saturated carbocycles. The number of H-pyrrole nitrogens is 1. The summed E-state index contributed by atoms with van der Waals surface area (Å²) in [5.74, 6) is -2.17. The number of imide groups is 1. The van der Waals surface area contributed by atoms with Crippen LogP contribution in [0.15, 0.2) is 29.6 Å². The Morgan fingerprint density at radius 1 is 1.30 bits per heavy atom. The minimum absolute atomic E-state index is 0.0572. The molecule has 0 spiro atoms. The van der Waals surface area contributed by atoms with E-state index in [0.717, 1.165) is 25.9 Å². The smallest absolute Gasteiger partial charge is 0.323 e. The van der Waals surface area contributed by atoms with Crippen molar-refractivity contribution in [3.63, 3.8) is 0 Å². The van der Waals surface area contributed by atoms with Crippen LogP contribution in [0.5, 0.6) is 0 Å². The molecule has 30 heavy (non-hydrogen) atoms. The van der Waals surface area contributed by atoms with Gasteiger partial charge in [0.25, 0.3) is 0 Å². The van der Waals surface area contributed by atoms with Crippen LogP contribution in [0.2, 0.25) is 0 Å². The molecule has 2 aliphatic carbocycles. The van der Waals surface area contributed by atoms with Crippen LogP contribution in [0.4, 0.5) is 0 Å². The average molecular weight is 460 g/mol. The lowest BCUT2D eigenvalue weighted by Crippen LogP contribution is -2.42. The van der Waals surface area contributed by atoms with E-state index in [1.165, 1.54) is 4.88 Å². The number of nitrogens with zero attached hydrogens (tertiary/aromatic N) is 2. The molecule has 2 amide bonds. The van der Waals surface area contributed by atoms with Crippen LogP contribution in [0.25, 0.3) is 0 Å². The number of hydrogen-bond acceptors (Lipinski definition) is 7. The third kappa shape index (κ3) is 2.41. The highest BCUT2D eigenvalue weighted by atomic mass is 32.2. The summed E-state index contributed by atoms with van der Waals surface area (Å²) in [6, 6.07) is 3.99. The highest BCUT2D eigenvalue weighted by Crippen LogP contribution is 2.68. The number of rotatable bonds is 3. The summed E-state index contributed by atoms with van der Waals surface area (Å²) < 4.78 is 0.730. The first kappa shape index (κ1) is 18.7. The number of thiazole rings is 1. The number of carbonyl (C=O) groups is 3. The molecule has 4 heterocycles. The molecule has 7 atom stereocenters. The van der Waals surface area contributed by atoms with Crippen LogP contribution in [-0.2, 0) is 14.4 Å². The van der Waals surface area contributed by atoms with Crippen molar-refractivity contribution in [2.24, 2.45) is 29.6 Å². The van der Waals surface area contributed by atoms with Crippen molar-refractivity contribution in [1.82, 2.24) is 14.9 Å². The van der Waals surface area contributed by atoms with E-state index in [4.69, 9.17) is 17.3 Å². The van der Waals surface area contributed by atoms with Gasteiger partial charge in [0.15, 0.2) is 3.95 Å². The lowest BCUT2D eigenvalue weighted by Gasteiger charge is -2.42. The van der Waals surface area contributed by atoms with Crippen molar-refractivity contribution in [1.29, 1.82) is 0 Å². The second kappa shape index (κ2) is 6.48. The van der Waals surface area contributed by atoms with E-state index < -0.39 is 24.3 Å². The van der Waals surface area contributed by atoms with Crippen LogP contribution in [-0.4, -0.2) is 49.6 Å². The van der Waals surface area contributed by atoms with Crippen molar-refractivity contribution in [3.05, 3.63) is 38.9 Å². The van der Waals surface area contributed by atoms with Crippen molar-refractivity contribution in [2.75, 3.05) is 6.54 Å². The summed E-state index contributed by atoms with van der Waals surface area (Å²) in [6.45, 7) is -0.543. The number of pyridine rings is 1. The minimum atomic E-state index is -1.15. The topological polar surface area (TPSA) is 103 Å². The Hall–Kier alpha value is -2.04. The lowest BCUT2D eigenvalue weighted by molar-refractivity contribution is -0.149. The van der Waals surface area contributed by atoms with Crippen LogP contribution >= 0.6 is 35.3 Å². The molecule has 0 aromatic carbocycles. The Labute approximate surface area is 184 Å². The van der Waals surface area contributed by atoms with E-state index >= 15 is 0 Å². The van der Waals surface area contributed by atoms with E-state index in [2.05, 4.69) is 16.0 Å². The standard InChI is InChI=1S/C20H17N3O4S3/c24-10(25)6-23-18(26)13-8-4-9(14(13)19(23)27)15-12(8)11(7-2-1-3-21-5-7)16-17(29-15)22-20(28)30-16/h1-3,5,8-9,11-15H,4,6H2,(H,22,28)(H,24,25). The van der Waals surface area contributed by atoms with Gasteiger partial charge in [0, 0.05) is 28.4 Å². The summed E-state index contributed by atoms with van der Waals surface area (Å²) in [4.78, 5) is 47.1. The summed E-state index contributed by atoms with van der Waals surface area (Å²) in [6.07, 6.45) is 4.47. The average Bonchev–Trinajstić information content (AvgIpc) is 3.44. The third-order valence-electron chi connectivity index (χ3n) is 7.15. The predicted octanol–water partition coefficient (Wildman–Crippen LogP) is 2.76. The molecular formula is C20H17N3O4S3. The fraction of sp³-hybridized carbons (Fsp3) is 0.450. The number of hydrogen-bond donors (Lipinski definition) is 2. The molecule has 7 unspecified atom stereocenters. The van der Waals surface area contributed by atoms with Crippen LogP contribution in [0.3, 0.4) is 0 Å². The van der Waals surface area contributed by atoms with Gasteiger partial charge in [0.1, 0.15) is 6.54 Å². The number of thioether (sulfide) groups is 1. The molecule has 2 aliphatic heterocycles. The molecule has 4 aliphatic rings. The maximum absolute atomic E-state index is 13.1. The number of aromatic nitrogens is 2. The highest BCUT2D eigenvalue weighted by molar-refractivity contribution is 8.00. The predicted molar refractivity (Wildman–Crippen MR) is 112 cm³/mol. The fourth-order valence-electron chi connectivity index (χ4n) is 6.30. The molecule has 7 nitrogen and oxygen atoms in total. The van der Waals surface area contributed by atoms with Gasteiger partial charge in [-0.05, 0) is 48.0 Å². The van der Waals surface area contributed by atoms with Gasteiger partial charge in [0.2, 0.25) is 11.8 Å². The van der Waals surface area contributed by atoms with Gasteiger partial charge in [-0.1, -0.05) is 6.07 Å². The number of carboxylic acids is 1. The van der Waals surface area contributed by atoms with Gasteiger partial charge in [-0.15, -0.1) is 23.1 Å². The third-order valence-corrected chi connectivity index (χ3v) is 10.1. The van der Waals surface area contributed by atoms with Crippen molar-refractivity contribution in [3.8, 4) is 0 Å². The second-order valence-corrected chi connectivity index (χ2v) is 11.3. The van der Waals surface area contributed by atoms with Gasteiger partial charge in [-0.2, -0.15) is 0 Å². The van der Waals surface area contributed by atoms with E-state index in [1.807, 2.05) is 12.3 Å². The molecule has 2 aromatic heterocycles. The summed E-state index contributed by atoms with van der Waals surface area (Å²) in [5, 5.41) is 10.4. The Bertz CT molecular complexity index is 1150. The normalized spacial score (nSPS) is 36.0. The summed E-state index contributed by atoms with van der Waals surface area (Å²) in [7, 11) is 0. The van der Waals surface area contributed by atoms with Crippen LogP contribution in [0, 0.1) is 33.5 Å². The quantitative estimate of drug-likeness (QED) is 0.537. The van der Waals surface area contributed by atoms with Gasteiger partial charge in [0.05, 0.1) is 16.9 Å². The second-order valence-electron chi connectivity index (χ2n) is 8.40. The van der Waals surface area contributed by atoms with Gasteiger partial charge < -0.3 is 10.1 Å². The molecule has 1 saturated heterocycles. The number of amides is 2. The molecule has 6 rings (SSSR count). The Balaban J connectivity index is 1.45. The van der Waals surface area contributed by atoms with E-state index in [0.29, 0.717) is 0 Å². The van der Waals surface area contributed by atoms with Crippen molar-refractivity contribution in [2.45, 2.75) is 22.6 Å². The van der Waals surface area contributed by atoms with Crippen molar-refractivity contribution < 1.29 is 19.5 Å². The lowest BCUT2D eigenvalue weighted by atomic mass is 9.68. The monoisotopic (exact) mass is 459 g/mol. The zero-order valence-corrected chi connectivity index (χ0v) is 18.0. The number of aromatic amines is 1. The number of carbonyl (C=O) groups excluding carboxylic acids is 2. The summed E-state index contributed by atoms with van der Waals surface area (Å²) >= 11 is 8.75. The minimum Gasteiger partial charge on any atom is -0.480 e. The molecule has 154 valence electrons. The number of fused-ring (bicyclic) bond motifs is 9. The molecule has 2 aromatic rings. The van der Waals surface area contributed by atoms with Gasteiger partial charge >= 0.3 is 5.97 Å². The first-order valence-corrected chi connectivity index (χ1v) is 11.9. The Morgan fingerprint density at radius 3 is 2.77 bits per heavy atom. The SMILES string of the molecule is O=C(O)CN1C(=O)C2C3CC(C2C1=O)C1C(c2cccnc2)c2sc(=S)[nH]c2SC31. The van der Waals surface area contributed by atoms with Gasteiger partial charge in [-0.3, -0.25) is 24.3 Å². The number of carboxylic acid groups (broad SMARTS) is 1. The highest BCUT2D eigenvalue weighted by Gasteiger charge is 2.69. The Morgan fingerprint density at radius 2 is 2.07 bits per heavy atom. The molecule has 2 bridgehead atoms. The zero-order valence-electron chi connectivity index (χ0n) is 15.6.